The standard InChI is InChI=1S/2C16H21N3O3/c20-9-17-4-1-2-14-15-7-13(16(14)8-19-11-22)6-12(15)3-5-18-10-21;20-9-17-4-1-2-14-13-6-12(3-5-18-10-21)15(7-13)16(14)8-19-11-22/h2*12-16H,1-8H2. The van der Waals surface area contributed by atoms with Gasteiger partial charge in [0.05, 0.1) is 39.3 Å². The summed E-state index contributed by atoms with van der Waals surface area (Å²) in [5, 5.41) is 0. The number of carbonyl (C=O) groups excluding carboxylic acids is 6. The van der Waals surface area contributed by atoms with E-state index in [9.17, 15) is 28.8 Å². The third-order valence-corrected chi connectivity index (χ3v) is 10.8. The molecule has 0 aromatic heterocycles. The quantitative estimate of drug-likeness (QED) is 0.129. The Bertz CT molecular complexity index is 1220. The fourth-order valence-electron chi connectivity index (χ4n) is 9.32. The van der Waals surface area contributed by atoms with Gasteiger partial charge in [-0.2, -0.15) is 0 Å². The summed E-state index contributed by atoms with van der Waals surface area (Å²) in [6.45, 7) is 3.24. The summed E-state index contributed by atoms with van der Waals surface area (Å²) in [4.78, 5) is 83.7. The lowest BCUT2D eigenvalue weighted by atomic mass is 9.71. The second-order valence-corrected chi connectivity index (χ2v) is 12.6. The molecule has 4 fully saturated rings. The first-order chi connectivity index (χ1) is 21.6. The molecule has 12 nitrogen and oxygen atoms in total. The molecule has 0 aromatic carbocycles. The largest absolute Gasteiger partial charge is 0.234 e. The summed E-state index contributed by atoms with van der Waals surface area (Å²) < 4.78 is 0. The molecule has 12 heteroatoms. The van der Waals surface area contributed by atoms with Crippen LogP contribution in [0.2, 0.25) is 0 Å². The Hall–Kier alpha value is -3.72. The lowest BCUT2D eigenvalue weighted by Gasteiger charge is -2.35. The van der Waals surface area contributed by atoms with Crippen molar-refractivity contribution in [3.8, 4) is 0 Å². The Morgan fingerprint density at radius 1 is 0.409 bits per heavy atom. The topological polar surface area (TPSA) is 177 Å². The van der Waals surface area contributed by atoms with Crippen LogP contribution in [-0.4, -0.2) is 75.7 Å². The first-order valence-electron chi connectivity index (χ1n) is 15.8. The van der Waals surface area contributed by atoms with E-state index in [1.807, 2.05) is 0 Å². The molecule has 10 atom stereocenters. The fraction of sp³-hybridized carbons (Fsp3) is 0.812. The molecular formula is C32H42N6O6. The van der Waals surface area contributed by atoms with Gasteiger partial charge in [-0.3, -0.25) is 0 Å². The van der Waals surface area contributed by atoms with E-state index in [1.165, 1.54) is 19.3 Å². The molecular weight excluding hydrogens is 564 g/mol. The van der Waals surface area contributed by atoms with Gasteiger partial charge in [0.25, 0.3) is 0 Å². The number of rotatable bonds is 18. The van der Waals surface area contributed by atoms with Gasteiger partial charge in [-0.1, -0.05) is 0 Å². The number of isocyanates is 6. The molecule has 4 bridgehead atoms. The van der Waals surface area contributed by atoms with E-state index >= 15 is 0 Å². The molecule has 0 spiro atoms. The van der Waals surface area contributed by atoms with Gasteiger partial charge < -0.3 is 0 Å². The van der Waals surface area contributed by atoms with Crippen LogP contribution in [-0.2, 0) is 28.8 Å². The molecule has 0 heterocycles. The molecule has 0 aliphatic heterocycles. The highest BCUT2D eigenvalue weighted by molar-refractivity contribution is 5.34. The highest BCUT2D eigenvalue weighted by Gasteiger charge is 2.52. The summed E-state index contributed by atoms with van der Waals surface area (Å²) in [7, 11) is 0. The van der Waals surface area contributed by atoms with Crippen LogP contribution in [0.5, 0.6) is 0 Å². The van der Waals surface area contributed by atoms with Gasteiger partial charge >= 0.3 is 0 Å². The van der Waals surface area contributed by atoms with Crippen LogP contribution in [0.25, 0.3) is 0 Å². The smallest absolute Gasteiger partial charge is 0.211 e. The molecule has 4 saturated carbocycles. The van der Waals surface area contributed by atoms with Crippen LogP contribution in [0.4, 0.5) is 0 Å². The van der Waals surface area contributed by atoms with Gasteiger partial charge in [0.15, 0.2) is 0 Å². The Morgan fingerprint density at radius 2 is 0.818 bits per heavy atom. The second-order valence-electron chi connectivity index (χ2n) is 12.6. The predicted octanol–water partition coefficient (Wildman–Crippen LogP) is 4.11. The highest BCUT2D eigenvalue weighted by atomic mass is 16.1. The molecule has 0 radical (unpaired) electrons. The zero-order valence-corrected chi connectivity index (χ0v) is 25.2. The summed E-state index contributed by atoms with van der Waals surface area (Å²) in [5.74, 6) is 5.51. The monoisotopic (exact) mass is 606 g/mol. The van der Waals surface area contributed by atoms with Gasteiger partial charge in [0.2, 0.25) is 36.5 Å². The number of hydrogen-bond acceptors (Lipinski definition) is 12. The maximum Gasteiger partial charge on any atom is 0.234 e. The molecule has 4 rings (SSSR count). The summed E-state index contributed by atoms with van der Waals surface area (Å²) >= 11 is 0. The van der Waals surface area contributed by atoms with Crippen LogP contribution in [0.3, 0.4) is 0 Å². The van der Waals surface area contributed by atoms with Crippen molar-refractivity contribution in [3.63, 3.8) is 0 Å². The van der Waals surface area contributed by atoms with E-state index in [-0.39, 0.29) is 0 Å². The molecule has 0 N–H and O–H groups in total. The van der Waals surface area contributed by atoms with Gasteiger partial charge in [-0.25, -0.2) is 58.7 Å². The van der Waals surface area contributed by atoms with Crippen molar-refractivity contribution in [2.45, 2.75) is 64.2 Å². The summed E-state index contributed by atoms with van der Waals surface area (Å²) in [5.41, 5.74) is 0. The molecule has 236 valence electrons. The summed E-state index contributed by atoms with van der Waals surface area (Å²) in [6, 6.07) is 0. The van der Waals surface area contributed by atoms with Crippen molar-refractivity contribution in [2.24, 2.45) is 89.1 Å². The first kappa shape index (κ1) is 34.8. The second kappa shape index (κ2) is 19.5. The van der Waals surface area contributed by atoms with Crippen LogP contribution in [0, 0.1) is 59.2 Å². The average Bonchev–Trinajstić information content (AvgIpc) is 3.80. The van der Waals surface area contributed by atoms with Gasteiger partial charge in [0, 0.05) is 0 Å². The van der Waals surface area contributed by atoms with E-state index in [0.717, 1.165) is 44.9 Å². The van der Waals surface area contributed by atoms with E-state index in [4.69, 9.17) is 0 Å². The molecule has 0 aromatic rings. The lowest BCUT2D eigenvalue weighted by Crippen LogP contribution is -2.30. The van der Waals surface area contributed by atoms with Crippen LogP contribution in [0.15, 0.2) is 30.0 Å². The SMILES string of the molecule is O=C=NCCCC1C(CN=C=O)C2CC(CCN=C=O)C1C2.O=C=NCCCC1C2CC(CCN=C=O)C(C2)C1CN=C=O. The zero-order valence-electron chi connectivity index (χ0n) is 25.2. The Balaban J connectivity index is 0.000000240. The van der Waals surface area contributed by atoms with Crippen molar-refractivity contribution < 1.29 is 28.8 Å². The Morgan fingerprint density at radius 3 is 1.32 bits per heavy atom. The number of nitrogens with zero attached hydrogens (tertiary/aromatic N) is 6. The maximum atomic E-state index is 10.5. The predicted molar refractivity (Wildman–Crippen MR) is 159 cm³/mol. The van der Waals surface area contributed by atoms with Gasteiger partial charge in [0.1, 0.15) is 0 Å². The van der Waals surface area contributed by atoms with Crippen molar-refractivity contribution in [2.75, 3.05) is 39.3 Å². The molecule has 10 unspecified atom stereocenters. The zero-order chi connectivity index (χ0) is 31.6. The number of hydrogen-bond donors (Lipinski definition) is 0. The lowest BCUT2D eigenvalue weighted by molar-refractivity contribution is 0.150. The Kier molecular flexibility index (Phi) is 15.4. The molecule has 0 amide bonds. The minimum atomic E-state index is 0.408. The highest BCUT2D eigenvalue weighted by Crippen LogP contribution is 2.58. The average molecular weight is 607 g/mol. The maximum absolute atomic E-state index is 10.5. The number of fused-ring (bicyclic) bond motifs is 4. The molecule has 4 aliphatic rings. The van der Waals surface area contributed by atoms with Gasteiger partial charge in [-0.15, -0.1) is 0 Å². The fourth-order valence-corrected chi connectivity index (χ4v) is 9.32. The van der Waals surface area contributed by atoms with Crippen molar-refractivity contribution >= 4 is 36.5 Å². The van der Waals surface area contributed by atoms with E-state index < -0.39 is 0 Å². The minimum Gasteiger partial charge on any atom is -0.211 e. The minimum absolute atomic E-state index is 0.408. The van der Waals surface area contributed by atoms with Crippen molar-refractivity contribution in [3.05, 3.63) is 0 Å². The third kappa shape index (κ3) is 9.64. The third-order valence-electron chi connectivity index (χ3n) is 10.8. The van der Waals surface area contributed by atoms with E-state index in [0.29, 0.717) is 98.4 Å². The van der Waals surface area contributed by atoms with Crippen LogP contribution in [0.1, 0.15) is 64.2 Å². The van der Waals surface area contributed by atoms with Gasteiger partial charge in [-0.05, 0) is 123 Å². The number of aliphatic imine (C=N–C) groups is 6. The van der Waals surface area contributed by atoms with Crippen LogP contribution >= 0.6 is 0 Å². The first-order valence-corrected chi connectivity index (χ1v) is 15.8. The normalized spacial score (nSPS) is 31.9. The Labute approximate surface area is 257 Å². The molecule has 44 heavy (non-hydrogen) atoms. The van der Waals surface area contributed by atoms with E-state index in [2.05, 4.69) is 30.0 Å². The van der Waals surface area contributed by atoms with Crippen LogP contribution < -0.4 is 0 Å². The molecule has 0 saturated heterocycles. The van der Waals surface area contributed by atoms with E-state index in [1.54, 1.807) is 36.5 Å². The van der Waals surface area contributed by atoms with Crippen molar-refractivity contribution in [1.82, 2.24) is 0 Å². The summed E-state index contributed by atoms with van der Waals surface area (Å²) in [6.07, 6.45) is 19.9. The molecule has 4 aliphatic carbocycles. The van der Waals surface area contributed by atoms with Crippen molar-refractivity contribution in [1.29, 1.82) is 0 Å².